The van der Waals surface area contributed by atoms with Crippen molar-refractivity contribution in [1.82, 2.24) is 4.90 Å². The van der Waals surface area contributed by atoms with Gasteiger partial charge in [-0.2, -0.15) is 0 Å². The topological polar surface area (TPSA) is 20.3 Å². The third-order valence-electron chi connectivity index (χ3n) is 3.77. The molecule has 2 atom stereocenters. The largest absolute Gasteiger partial charge is 0.333 e. The zero-order valence-corrected chi connectivity index (χ0v) is 9.24. The van der Waals surface area contributed by atoms with Gasteiger partial charge in [-0.3, -0.25) is 4.79 Å². The molecule has 4 heteroatoms. The molecule has 16 heavy (non-hydrogen) atoms. The Morgan fingerprint density at radius 1 is 1.38 bits per heavy atom. The third kappa shape index (κ3) is 2.11. The van der Waals surface area contributed by atoms with Gasteiger partial charge in [0, 0.05) is 18.5 Å². The van der Waals surface area contributed by atoms with Crippen molar-refractivity contribution in [1.29, 1.82) is 0 Å². The average Bonchev–Trinajstić information content (AvgIpc) is 2.49. The smallest absolute Gasteiger partial charge is 0.246 e. The number of halogens is 2. The molecule has 2 saturated heterocycles. The molecule has 2 bridgehead atoms. The van der Waals surface area contributed by atoms with Gasteiger partial charge < -0.3 is 4.90 Å². The summed E-state index contributed by atoms with van der Waals surface area (Å²) in [7, 11) is 0. The van der Waals surface area contributed by atoms with Crippen LogP contribution < -0.4 is 0 Å². The summed E-state index contributed by atoms with van der Waals surface area (Å²) in [5.41, 5.74) is 0. The van der Waals surface area contributed by atoms with Crippen LogP contribution in [0.1, 0.15) is 32.1 Å². The first kappa shape index (κ1) is 11.6. The predicted octanol–water partition coefficient (Wildman–Crippen LogP) is 2.60. The number of alkyl halides is 2. The van der Waals surface area contributed by atoms with Crippen LogP contribution in [0.4, 0.5) is 8.78 Å². The minimum atomic E-state index is -2.22. The highest BCUT2D eigenvalue weighted by Crippen LogP contribution is 2.40. The number of rotatable bonds is 3. The number of carbonyl (C=O) groups excluding carboxylic acids is 1. The van der Waals surface area contributed by atoms with E-state index >= 15 is 0 Å². The molecule has 90 valence electrons. The van der Waals surface area contributed by atoms with Crippen molar-refractivity contribution in [3.8, 4) is 0 Å². The number of piperidine rings is 1. The first-order valence-corrected chi connectivity index (χ1v) is 5.84. The third-order valence-corrected chi connectivity index (χ3v) is 3.77. The molecule has 2 aliphatic rings. The second kappa shape index (κ2) is 4.52. The number of fused-ring (bicyclic) bond motifs is 2. The van der Waals surface area contributed by atoms with Gasteiger partial charge in [-0.1, -0.05) is 6.58 Å². The minimum Gasteiger partial charge on any atom is -0.333 e. The molecule has 0 aromatic heterocycles. The zero-order valence-electron chi connectivity index (χ0n) is 9.24. The van der Waals surface area contributed by atoms with Crippen LogP contribution >= 0.6 is 0 Å². The predicted molar refractivity (Wildman–Crippen MR) is 57.2 cm³/mol. The van der Waals surface area contributed by atoms with Gasteiger partial charge in [0.2, 0.25) is 12.3 Å². The molecule has 0 spiro atoms. The Morgan fingerprint density at radius 2 is 1.94 bits per heavy atom. The van der Waals surface area contributed by atoms with Gasteiger partial charge >= 0.3 is 0 Å². The maximum Gasteiger partial charge on any atom is 0.246 e. The quantitative estimate of drug-likeness (QED) is 0.681. The highest BCUT2D eigenvalue weighted by Gasteiger charge is 2.42. The van der Waals surface area contributed by atoms with E-state index in [4.69, 9.17) is 0 Å². The molecule has 0 aromatic carbocycles. The van der Waals surface area contributed by atoms with Crippen molar-refractivity contribution in [3.05, 3.63) is 12.7 Å². The summed E-state index contributed by atoms with van der Waals surface area (Å²) in [6.45, 7) is 3.49. The van der Waals surface area contributed by atoms with Gasteiger partial charge in [-0.15, -0.1) is 0 Å². The number of hydrogen-bond acceptors (Lipinski definition) is 1. The van der Waals surface area contributed by atoms with Crippen LogP contribution in [0.3, 0.4) is 0 Å². The van der Waals surface area contributed by atoms with E-state index in [1.165, 1.54) is 6.08 Å². The van der Waals surface area contributed by atoms with Gasteiger partial charge in [0.1, 0.15) is 0 Å². The molecule has 0 radical (unpaired) electrons. The van der Waals surface area contributed by atoms with E-state index < -0.39 is 6.43 Å². The van der Waals surface area contributed by atoms with Crippen LogP contribution in [0.2, 0.25) is 0 Å². The second-order valence-corrected chi connectivity index (χ2v) is 4.80. The fourth-order valence-electron chi connectivity index (χ4n) is 3.20. The van der Waals surface area contributed by atoms with Gasteiger partial charge in [0.25, 0.3) is 0 Å². The minimum absolute atomic E-state index is 0.0108. The van der Waals surface area contributed by atoms with Gasteiger partial charge in [0.15, 0.2) is 0 Å². The maximum atomic E-state index is 12.3. The van der Waals surface area contributed by atoms with E-state index in [0.717, 1.165) is 25.7 Å². The van der Waals surface area contributed by atoms with Crippen LogP contribution in [0, 0.1) is 5.92 Å². The summed E-state index contributed by atoms with van der Waals surface area (Å²) in [5, 5.41) is 0. The average molecular weight is 229 g/mol. The molecule has 2 rings (SSSR count). The Kier molecular flexibility index (Phi) is 3.26. The fraction of sp³-hybridized carbons (Fsp3) is 0.750. The Labute approximate surface area is 94.3 Å². The fourth-order valence-corrected chi connectivity index (χ4v) is 3.20. The summed E-state index contributed by atoms with van der Waals surface area (Å²) >= 11 is 0. The lowest BCUT2D eigenvalue weighted by Gasteiger charge is -2.38. The lowest BCUT2D eigenvalue weighted by molar-refractivity contribution is -0.131. The monoisotopic (exact) mass is 229 g/mol. The van der Waals surface area contributed by atoms with Gasteiger partial charge in [0.05, 0.1) is 0 Å². The van der Waals surface area contributed by atoms with E-state index in [9.17, 15) is 13.6 Å². The molecule has 2 heterocycles. The summed E-state index contributed by atoms with van der Waals surface area (Å²) in [4.78, 5) is 13.5. The normalized spacial score (nSPS) is 33.2. The molecule has 2 aliphatic heterocycles. The van der Waals surface area contributed by atoms with E-state index in [-0.39, 0.29) is 30.3 Å². The van der Waals surface area contributed by atoms with Crippen molar-refractivity contribution in [3.63, 3.8) is 0 Å². The standard InChI is InChI=1S/C12H17F2NO/c1-2-12(16)15-9-3-4-10(15)6-8(5-9)7-11(13)14/h2,8-11H,1,3-7H2. The van der Waals surface area contributed by atoms with E-state index in [2.05, 4.69) is 6.58 Å². The van der Waals surface area contributed by atoms with E-state index in [1.807, 2.05) is 4.90 Å². The zero-order chi connectivity index (χ0) is 11.7. The first-order valence-electron chi connectivity index (χ1n) is 5.84. The Hall–Kier alpha value is -0.930. The molecule has 2 nitrogen and oxygen atoms in total. The second-order valence-electron chi connectivity index (χ2n) is 4.80. The molecule has 2 fully saturated rings. The van der Waals surface area contributed by atoms with Gasteiger partial charge in [-0.25, -0.2) is 8.78 Å². The maximum absolute atomic E-state index is 12.3. The summed E-state index contributed by atoms with van der Waals surface area (Å²) < 4.78 is 24.6. The summed E-state index contributed by atoms with van der Waals surface area (Å²) in [6, 6.07) is 0.348. The Morgan fingerprint density at radius 3 is 2.38 bits per heavy atom. The lowest BCUT2D eigenvalue weighted by Crippen LogP contribution is -2.46. The van der Waals surface area contributed by atoms with Crippen molar-refractivity contribution in [2.24, 2.45) is 5.92 Å². The van der Waals surface area contributed by atoms with Gasteiger partial charge in [-0.05, 0) is 37.7 Å². The molecule has 0 saturated carbocycles. The molecule has 0 aromatic rings. The number of amides is 1. The van der Waals surface area contributed by atoms with Crippen LogP contribution in [0.25, 0.3) is 0 Å². The van der Waals surface area contributed by atoms with Crippen LogP contribution in [0.5, 0.6) is 0 Å². The molecular formula is C12H17F2NO. The summed E-state index contributed by atoms with van der Waals surface area (Å²) in [6.07, 6.45) is 2.50. The number of carbonyl (C=O) groups is 1. The number of nitrogens with zero attached hydrogens (tertiary/aromatic N) is 1. The number of hydrogen-bond donors (Lipinski definition) is 0. The van der Waals surface area contributed by atoms with E-state index in [1.54, 1.807) is 0 Å². The van der Waals surface area contributed by atoms with Crippen molar-refractivity contribution < 1.29 is 13.6 Å². The molecule has 0 N–H and O–H groups in total. The molecule has 0 aliphatic carbocycles. The highest BCUT2D eigenvalue weighted by atomic mass is 19.3. The molecule has 2 unspecified atom stereocenters. The first-order chi connectivity index (χ1) is 7.61. The van der Waals surface area contributed by atoms with E-state index in [0.29, 0.717) is 0 Å². The Balaban J connectivity index is 2.01. The molecular weight excluding hydrogens is 212 g/mol. The van der Waals surface area contributed by atoms with Crippen LogP contribution in [-0.2, 0) is 4.79 Å². The van der Waals surface area contributed by atoms with Crippen molar-refractivity contribution in [2.45, 2.75) is 50.6 Å². The highest BCUT2D eigenvalue weighted by molar-refractivity contribution is 5.87. The Bertz CT molecular complexity index is 279. The molecule has 1 amide bonds. The summed E-state index contributed by atoms with van der Waals surface area (Å²) in [5.74, 6) is 0.0503. The van der Waals surface area contributed by atoms with Crippen LogP contribution in [-0.4, -0.2) is 29.3 Å². The van der Waals surface area contributed by atoms with Crippen molar-refractivity contribution in [2.75, 3.05) is 0 Å². The SMILES string of the molecule is C=CC(=O)N1C2CCC1CC(CC(F)F)C2. The van der Waals surface area contributed by atoms with Crippen molar-refractivity contribution >= 4 is 5.91 Å². The van der Waals surface area contributed by atoms with Crippen LogP contribution in [0.15, 0.2) is 12.7 Å². The lowest BCUT2D eigenvalue weighted by atomic mass is 9.88.